The largest absolute Gasteiger partial charge is 0.341 e. The molecule has 0 aliphatic carbocycles. The first kappa shape index (κ1) is 21.1. The number of aryl methyl sites for hydroxylation is 4. The van der Waals surface area contributed by atoms with Gasteiger partial charge in [0.1, 0.15) is 0 Å². The Hall–Kier alpha value is -2.60. The van der Waals surface area contributed by atoms with Crippen molar-refractivity contribution in [2.75, 3.05) is 7.05 Å². The minimum Gasteiger partial charge on any atom is -0.341 e. The van der Waals surface area contributed by atoms with Crippen LogP contribution in [0.1, 0.15) is 40.3 Å². The quantitative estimate of drug-likeness (QED) is 0.586. The molecule has 1 aromatic carbocycles. The number of carbonyl (C=O) groups excluding carboxylic acids is 1. The first-order valence-corrected chi connectivity index (χ1v) is 10.2. The number of carbonyl (C=O) groups is 1. The second kappa shape index (κ2) is 8.82. The molecular formula is C22H28ClN5O. The number of amides is 1. The highest BCUT2D eigenvalue weighted by Gasteiger charge is 2.17. The summed E-state index contributed by atoms with van der Waals surface area (Å²) < 4.78 is 3.85. The van der Waals surface area contributed by atoms with Gasteiger partial charge in [0.2, 0.25) is 5.91 Å². The van der Waals surface area contributed by atoms with Gasteiger partial charge in [-0.1, -0.05) is 29.8 Å². The van der Waals surface area contributed by atoms with E-state index in [0.717, 1.165) is 38.9 Å². The molecule has 0 atom stereocenters. The lowest BCUT2D eigenvalue weighted by atomic mass is 10.1. The number of halogens is 1. The van der Waals surface area contributed by atoms with Crippen molar-refractivity contribution in [1.29, 1.82) is 0 Å². The van der Waals surface area contributed by atoms with E-state index >= 15 is 0 Å². The Bertz CT molecular complexity index is 1020. The van der Waals surface area contributed by atoms with Gasteiger partial charge in [-0.25, -0.2) is 0 Å². The Kier molecular flexibility index (Phi) is 6.42. The van der Waals surface area contributed by atoms with Crippen LogP contribution in [0.3, 0.4) is 0 Å². The van der Waals surface area contributed by atoms with Crippen LogP contribution in [0.2, 0.25) is 5.02 Å². The molecule has 154 valence electrons. The first-order chi connectivity index (χ1) is 13.8. The Labute approximate surface area is 177 Å². The van der Waals surface area contributed by atoms with Crippen molar-refractivity contribution in [1.82, 2.24) is 24.5 Å². The van der Waals surface area contributed by atoms with Crippen LogP contribution < -0.4 is 0 Å². The average Bonchev–Trinajstić information content (AvgIpc) is 3.13. The van der Waals surface area contributed by atoms with Crippen molar-refractivity contribution in [3.63, 3.8) is 0 Å². The molecule has 0 saturated carbocycles. The summed E-state index contributed by atoms with van der Waals surface area (Å²) in [5.74, 6) is 0.0928. The lowest BCUT2D eigenvalue weighted by Gasteiger charge is -2.18. The maximum Gasteiger partial charge on any atom is 0.224 e. The fraction of sp³-hybridized carbons (Fsp3) is 0.409. The van der Waals surface area contributed by atoms with Gasteiger partial charge < -0.3 is 4.90 Å². The van der Waals surface area contributed by atoms with Gasteiger partial charge in [0, 0.05) is 48.5 Å². The predicted molar refractivity (Wildman–Crippen MR) is 115 cm³/mol. The van der Waals surface area contributed by atoms with Crippen LogP contribution >= 0.6 is 11.6 Å². The summed E-state index contributed by atoms with van der Waals surface area (Å²) >= 11 is 6.30. The van der Waals surface area contributed by atoms with Crippen LogP contribution in [0.4, 0.5) is 0 Å². The first-order valence-electron chi connectivity index (χ1n) is 9.77. The topological polar surface area (TPSA) is 56.0 Å². The zero-order valence-corrected chi connectivity index (χ0v) is 18.5. The van der Waals surface area contributed by atoms with E-state index in [-0.39, 0.29) is 5.91 Å². The third-order valence-corrected chi connectivity index (χ3v) is 5.64. The molecular weight excluding hydrogens is 386 g/mol. The van der Waals surface area contributed by atoms with Crippen LogP contribution in [0.15, 0.2) is 30.3 Å². The monoisotopic (exact) mass is 413 g/mol. The van der Waals surface area contributed by atoms with Crippen molar-refractivity contribution >= 4 is 17.5 Å². The summed E-state index contributed by atoms with van der Waals surface area (Å²) in [4.78, 5) is 14.4. The highest BCUT2D eigenvalue weighted by atomic mass is 35.5. The molecule has 0 unspecified atom stereocenters. The molecule has 0 saturated heterocycles. The van der Waals surface area contributed by atoms with Crippen molar-refractivity contribution in [2.45, 2.75) is 53.8 Å². The summed E-state index contributed by atoms with van der Waals surface area (Å²) in [5.41, 5.74) is 6.15. The standard InChI is InChI=1S/C22H28ClN5O/c1-15-12-16(2)27(24-15)11-10-22(29)26(5)14-20-17(3)25-28(18(20)4)13-19-8-6-7-9-21(19)23/h6-9,12H,10-11,13-14H2,1-5H3. The van der Waals surface area contributed by atoms with E-state index in [1.165, 1.54) is 0 Å². The van der Waals surface area contributed by atoms with Crippen molar-refractivity contribution in [3.8, 4) is 0 Å². The molecule has 0 aliphatic heterocycles. The molecule has 29 heavy (non-hydrogen) atoms. The minimum atomic E-state index is 0.0928. The van der Waals surface area contributed by atoms with E-state index in [2.05, 4.69) is 10.2 Å². The van der Waals surface area contributed by atoms with E-state index in [1.54, 1.807) is 4.90 Å². The second-order valence-electron chi connectivity index (χ2n) is 7.55. The molecule has 1 amide bonds. The summed E-state index contributed by atoms with van der Waals surface area (Å²) in [6.45, 7) is 9.74. The number of rotatable bonds is 7. The van der Waals surface area contributed by atoms with Gasteiger partial charge in [0.05, 0.1) is 17.9 Å². The van der Waals surface area contributed by atoms with E-state index in [9.17, 15) is 4.79 Å². The molecule has 2 aromatic heterocycles. The lowest BCUT2D eigenvalue weighted by molar-refractivity contribution is -0.130. The van der Waals surface area contributed by atoms with Crippen molar-refractivity contribution in [3.05, 3.63) is 69.3 Å². The SMILES string of the molecule is Cc1cc(C)n(CCC(=O)N(C)Cc2c(C)nn(Cc3ccccc3Cl)c2C)n1. The van der Waals surface area contributed by atoms with Crippen LogP contribution in [-0.2, 0) is 24.4 Å². The minimum absolute atomic E-state index is 0.0928. The fourth-order valence-electron chi connectivity index (χ4n) is 3.52. The van der Waals surface area contributed by atoms with Gasteiger partial charge in [-0.05, 0) is 45.4 Å². The Balaban J connectivity index is 1.66. The van der Waals surface area contributed by atoms with E-state index < -0.39 is 0 Å². The van der Waals surface area contributed by atoms with Gasteiger partial charge in [-0.2, -0.15) is 10.2 Å². The Morgan fingerprint density at radius 3 is 2.48 bits per heavy atom. The van der Waals surface area contributed by atoms with Crippen molar-refractivity contribution in [2.24, 2.45) is 0 Å². The third kappa shape index (κ3) is 4.88. The maximum atomic E-state index is 12.6. The summed E-state index contributed by atoms with van der Waals surface area (Å²) in [7, 11) is 1.84. The predicted octanol–water partition coefficient (Wildman–Crippen LogP) is 4.06. The van der Waals surface area contributed by atoms with Gasteiger partial charge in [-0.3, -0.25) is 14.2 Å². The van der Waals surface area contributed by atoms with E-state index in [4.69, 9.17) is 11.6 Å². The molecule has 0 aliphatic rings. The molecule has 0 fully saturated rings. The number of aromatic nitrogens is 4. The zero-order chi connectivity index (χ0) is 21.1. The molecule has 3 aromatic rings. The Morgan fingerprint density at radius 1 is 1.10 bits per heavy atom. The summed E-state index contributed by atoms with van der Waals surface area (Å²) in [5, 5.41) is 9.83. The van der Waals surface area contributed by atoms with Gasteiger partial charge >= 0.3 is 0 Å². The average molecular weight is 414 g/mol. The van der Waals surface area contributed by atoms with Crippen LogP contribution in [-0.4, -0.2) is 37.4 Å². The third-order valence-electron chi connectivity index (χ3n) is 5.27. The highest BCUT2D eigenvalue weighted by molar-refractivity contribution is 6.31. The highest BCUT2D eigenvalue weighted by Crippen LogP contribution is 2.20. The zero-order valence-electron chi connectivity index (χ0n) is 17.7. The smallest absolute Gasteiger partial charge is 0.224 e. The van der Waals surface area contributed by atoms with Gasteiger partial charge in [0.25, 0.3) is 0 Å². The molecule has 0 radical (unpaired) electrons. The van der Waals surface area contributed by atoms with Crippen LogP contribution in [0, 0.1) is 27.7 Å². The number of benzene rings is 1. The van der Waals surface area contributed by atoms with Crippen LogP contribution in [0.25, 0.3) is 0 Å². The molecule has 7 heteroatoms. The number of hydrogen-bond acceptors (Lipinski definition) is 3. The molecule has 0 N–H and O–H groups in total. The second-order valence-corrected chi connectivity index (χ2v) is 7.96. The molecule has 0 spiro atoms. The molecule has 6 nitrogen and oxygen atoms in total. The van der Waals surface area contributed by atoms with Crippen LogP contribution in [0.5, 0.6) is 0 Å². The number of nitrogens with zero attached hydrogens (tertiary/aromatic N) is 5. The van der Waals surface area contributed by atoms with E-state index in [1.807, 2.05) is 74.4 Å². The van der Waals surface area contributed by atoms with Gasteiger partial charge in [0.15, 0.2) is 0 Å². The Morgan fingerprint density at radius 2 is 1.83 bits per heavy atom. The van der Waals surface area contributed by atoms with Crippen molar-refractivity contribution < 1.29 is 4.79 Å². The number of hydrogen-bond donors (Lipinski definition) is 0. The lowest BCUT2D eigenvalue weighted by Crippen LogP contribution is -2.27. The van der Waals surface area contributed by atoms with E-state index in [0.29, 0.717) is 26.1 Å². The maximum absolute atomic E-state index is 12.6. The summed E-state index contributed by atoms with van der Waals surface area (Å²) in [6.07, 6.45) is 0.421. The summed E-state index contributed by atoms with van der Waals surface area (Å²) in [6, 6.07) is 9.81. The molecule has 3 rings (SSSR count). The molecule has 0 bridgehead atoms. The molecule has 2 heterocycles. The fourth-order valence-corrected chi connectivity index (χ4v) is 3.72. The van der Waals surface area contributed by atoms with Gasteiger partial charge in [-0.15, -0.1) is 0 Å². The normalized spacial score (nSPS) is 11.1.